The minimum Gasteiger partial charge on any atom is -0.469 e. The molecule has 128 valence electrons. The summed E-state index contributed by atoms with van der Waals surface area (Å²) in [5.41, 5.74) is 0. The highest BCUT2D eigenvalue weighted by atomic mass is 16.5. The average molecular weight is 316 g/mol. The van der Waals surface area contributed by atoms with Gasteiger partial charge in [-0.3, -0.25) is 4.79 Å². The van der Waals surface area contributed by atoms with Gasteiger partial charge in [0, 0.05) is 6.42 Å². The number of hydrogen-bond acceptors (Lipinski definition) is 2. The zero-order chi connectivity index (χ0) is 15.6. The van der Waals surface area contributed by atoms with E-state index in [4.69, 9.17) is 0 Å². The first-order valence-electron chi connectivity index (χ1n) is 10.4. The Bertz CT molecular complexity index is 480. The Kier molecular flexibility index (Phi) is 3.53. The van der Waals surface area contributed by atoms with Gasteiger partial charge in [-0.25, -0.2) is 0 Å². The van der Waals surface area contributed by atoms with Crippen molar-refractivity contribution < 1.29 is 9.53 Å². The van der Waals surface area contributed by atoms with Crippen LogP contribution >= 0.6 is 0 Å². The minimum absolute atomic E-state index is 0.0476. The van der Waals surface area contributed by atoms with Gasteiger partial charge in [0.1, 0.15) is 0 Å². The van der Waals surface area contributed by atoms with Crippen LogP contribution in [0, 0.1) is 53.3 Å². The molecule has 0 N–H and O–H groups in total. The molecule has 0 aromatic rings. The Hall–Kier alpha value is -0.530. The van der Waals surface area contributed by atoms with Crippen LogP contribution in [0.15, 0.2) is 0 Å². The molecule has 0 amide bonds. The van der Waals surface area contributed by atoms with E-state index in [-0.39, 0.29) is 5.97 Å². The maximum absolute atomic E-state index is 11.1. The maximum atomic E-state index is 11.1. The third-order valence-electron chi connectivity index (χ3n) is 8.89. The Morgan fingerprint density at radius 3 is 2.22 bits per heavy atom. The highest BCUT2D eigenvalue weighted by Crippen LogP contribution is 2.84. The highest BCUT2D eigenvalue weighted by molar-refractivity contribution is 5.68. The van der Waals surface area contributed by atoms with Crippen LogP contribution in [0.5, 0.6) is 0 Å². The summed E-state index contributed by atoms with van der Waals surface area (Å²) >= 11 is 0. The van der Waals surface area contributed by atoms with Gasteiger partial charge < -0.3 is 4.74 Å². The topological polar surface area (TPSA) is 26.3 Å². The molecule has 0 spiro atoms. The van der Waals surface area contributed by atoms with Gasteiger partial charge in [-0.2, -0.15) is 0 Å². The zero-order valence-corrected chi connectivity index (χ0v) is 14.6. The molecule has 5 aliphatic carbocycles. The summed E-state index contributed by atoms with van der Waals surface area (Å²) in [6.07, 6.45) is 13.2. The lowest BCUT2D eigenvalue weighted by Crippen LogP contribution is -2.80. The van der Waals surface area contributed by atoms with Crippen LogP contribution in [0.3, 0.4) is 0 Å². The van der Waals surface area contributed by atoms with Gasteiger partial charge in [0.05, 0.1) is 7.11 Å². The first-order chi connectivity index (χ1) is 11.3. The molecule has 2 nitrogen and oxygen atoms in total. The number of ether oxygens (including phenoxy) is 1. The zero-order valence-electron chi connectivity index (χ0n) is 14.6. The second kappa shape index (κ2) is 5.49. The predicted molar refractivity (Wildman–Crippen MR) is 89.6 cm³/mol. The predicted octanol–water partition coefficient (Wildman–Crippen LogP) is 4.67. The molecule has 0 heterocycles. The van der Waals surface area contributed by atoms with E-state index >= 15 is 0 Å². The summed E-state index contributed by atoms with van der Waals surface area (Å²) < 4.78 is 4.68. The smallest absolute Gasteiger partial charge is 0.305 e. The molecule has 0 aromatic carbocycles. The summed E-state index contributed by atoms with van der Waals surface area (Å²) in [5, 5.41) is 0. The Morgan fingerprint density at radius 1 is 0.826 bits per heavy atom. The minimum atomic E-state index is -0.0476. The standard InChI is InChI=1S/C21H32O2/c1-23-16(22)8-6-4-2-3-5-7-12-11-15-17(12)21-19-14-10-9-13(14)18(19)20(15)21/h12-15,17-21H,2-11H2,1H3/t12-,13?,14?,15?,17?,18?,19?,20?,21?/m0/s1. The normalized spacial score (nSPS) is 50.4. The summed E-state index contributed by atoms with van der Waals surface area (Å²) in [5.74, 6) is 10.7. The second-order valence-corrected chi connectivity index (χ2v) is 9.33. The van der Waals surface area contributed by atoms with E-state index in [2.05, 4.69) is 4.74 Å². The first-order valence-corrected chi connectivity index (χ1v) is 10.4. The lowest BCUT2D eigenvalue weighted by molar-refractivity contribution is -0.375. The third kappa shape index (κ3) is 1.96. The summed E-state index contributed by atoms with van der Waals surface area (Å²) in [6, 6.07) is 0. The van der Waals surface area contributed by atoms with Crippen LogP contribution < -0.4 is 0 Å². The summed E-state index contributed by atoms with van der Waals surface area (Å²) in [6.45, 7) is 0. The van der Waals surface area contributed by atoms with Crippen LogP contribution in [0.25, 0.3) is 0 Å². The van der Waals surface area contributed by atoms with Crippen molar-refractivity contribution in [2.24, 2.45) is 53.3 Å². The Morgan fingerprint density at radius 2 is 1.48 bits per heavy atom. The van der Waals surface area contributed by atoms with Crippen molar-refractivity contribution in [1.29, 1.82) is 0 Å². The molecular formula is C21H32O2. The van der Waals surface area contributed by atoms with Crippen molar-refractivity contribution in [3.8, 4) is 0 Å². The number of hydrogen-bond donors (Lipinski definition) is 0. The number of esters is 1. The largest absolute Gasteiger partial charge is 0.469 e. The molecule has 5 rings (SSSR count). The third-order valence-corrected chi connectivity index (χ3v) is 8.89. The molecule has 0 saturated heterocycles. The van der Waals surface area contributed by atoms with Crippen molar-refractivity contribution >= 4 is 5.97 Å². The molecule has 8 unspecified atom stereocenters. The number of methoxy groups -OCH3 is 1. The van der Waals surface area contributed by atoms with Crippen LogP contribution in [0.4, 0.5) is 0 Å². The van der Waals surface area contributed by atoms with Gasteiger partial charge >= 0.3 is 5.97 Å². The van der Waals surface area contributed by atoms with Crippen LogP contribution in [0.1, 0.15) is 64.2 Å². The van der Waals surface area contributed by atoms with Crippen molar-refractivity contribution in [1.82, 2.24) is 0 Å². The van der Waals surface area contributed by atoms with Gasteiger partial charge in [0.15, 0.2) is 0 Å². The molecule has 0 bridgehead atoms. The molecule has 9 atom stereocenters. The fraction of sp³-hybridized carbons (Fsp3) is 0.952. The molecule has 0 radical (unpaired) electrons. The fourth-order valence-electron chi connectivity index (χ4n) is 7.77. The number of rotatable bonds is 8. The lowest BCUT2D eigenvalue weighted by Gasteiger charge is -2.85. The Labute approximate surface area is 140 Å². The van der Waals surface area contributed by atoms with E-state index in [1.54, 1.807) is 19.3 Å². The number of carbonyl (C=O) groups is 1. The SMILES string of the molecule is COC(=O)CCCCCCC[C@H]1CC2C3C4C5CCC5C4C3C21. The van der Waals surface area contributed by atoms with E-state index in [1.807, 2.05) is 0 Å². The highest BCUT2D eigenvalue weighted by Gasteiger charge is 2.79. The molecule has 5 aliphatic rings. The average Bonchev–Trinajstić information content (AvgIpc) is 2.51. The molecule has 0 aliphatic heterocycles. The molecule has 2 heteroatoms. The van der Waals surface area contributed by atoms with Crippen LogP contribution in [0.2, 0.25) is 0 Å². The molecule has 0 aromatic heterocycles. The van der Waals surface area contributed by atoms with Gasteiger partial charge in [0.25, 0.3) is 0 Å². The summed E-state index contributed by atoms with van der Waals surface area (Å²) in [4.78, 5) is 11.1. The van der Waals surface area contributed by atoms with Gasteiger partial charge in [-0.1, -0.05) is 32.1 Å². The van der Waals surface area contributed by atoms with E-state index in [1.165, 1.54) is 86.6 Å². The first kappa shape index (κ1) is 14.8. The Balaban J connectivity index is 0.969. The molecular weight excluding hydrogens is 284 g/mol. The van der Waals surface area contributed by atoms with Crippen LogP contribution in [-0.2, 0) is 9.53 Å². The number of fused-ring (bicyclic) bond motifs is 10. The quantitative estimate of drug-likeness (QED) is 0.369. The van der Waals surface area contributed by atoms with Gasteiger partial charge in [-0.05, 0) is 78.9 Å². The van der Waals surface area contributed by atoms with Crippen molar-refractivity contribution in [2.45, 2.75) is 64.2 Å². The fourth-order valence-corrected chi connectivity index (χ4v) is 7.77. The van der Waals surface area contributed by atoms with Crippen LogP contribution in [-0.4, -0.2) is 13.1 Å². The molecule has 5 saturated carbocycles. The second-order valence-electron chi connectivity index (χ2n) is 9.33. The molecule has 5 fully saturated rings. The van der Waals surface area contributed by atoms with E-state index < -0.39 is 0 Å². The van der Waals surface area contributed by atoms with Crippen molar-refractivity contribution in [3.05, 3.63) is 0 Å². The van der Waals surface area contributed by atoms with Gasteiger partial charge in [-0.15, -0.1) is 0 Å². The number of unbranched alkanes of at least 4 members (excludes halogenated alkanes) is 4. The lowest BCUT2D eigenvalue weighted by atomic mass is 9.20. The van der Waals surface area contributed by atoms with E-state index in [0.29, 0.717) is 6.42 Å². The van der Waals surface area contributed by atoms with E-state index in [9.17, 15) is 4.79 Å². The number of carbonyl (C=O) groups excluding carboxylic acids is 1. The summed E-state index contributed by atoms with van der Waals surface area (Å²) in [7, 11) is 1.48. The van der Waals surface area contributed by atoms with Crippen molar-refractivity contribution in [3.63, 3.8) is 0 Å². The molecule has 23 heavy (non-hydrogen) atoms. The van der Waals surface area contributed by atoms with Crippen molar-refractivity contribution in [2.75, 3.05) is 7.11 Å². The monoisotopic (exact) mass is 316 g/mol. The maximum Gasteiger partial charge on any atom is 0.305 e. The van der Waals surface area contributed by atoms with Gasteiger partial charge in [0.2, 0.25) is 0 Å². The van der Waals surface area contributed by atoms with E-state index in [0.717, 1.165) is 12.3 Å².